The summed E-state index contributed by atoms with van der Waals surface area (Å²) >= 11 is 5.90. The Balaban J connectivity index is 2.70. The molecule has 0 fully saturated rings. The largest absolute Gasteiger partial charge is 0.431 e. The molecule has 0 saturated carbocycles. The fourth-order valence-corrected chi connectivity index (χ4v) is 3.54. The van der Waals surface area contributed by atoms with Gasteiger partial charge in [-0.05, 0) is 26.0 Å². The molecule has 0 aliphatic heterocycles. The van der Waals surface area contributed by atoms with Gasteiger partial charge in [0.15, 0.2) is 0 Å². The van der Waals surface area contributed by atoms with Crippen LogP contribution in [0, 0.1) is 5.82 Å². The second-order valence-corrected chi connectivity index (χ2v) is 8.78. The highest BCUT2D eigenvalue weighted by molar-refractivity contribution is 7.87. The third-order valence-electron chi connectivity index (χ3n) is 4.33. The minimum Gasteiger partial charge on any atom is -0.292 e. The lowest BCUT2D eigenvalue weighted by atomic mass is 10.2. The molecule has 0 radical (unpaired) electrons. The van der Waals surface area contributed by atoms with Crippen molar-refractivity contribution >= 4 is 28.0 Å². The molecule has 0 N–H and O–H groups in total. The minimum absolute atomic E-state index is 0.144. The topological polar surface area (TPSA) is 93.7 Å². The van der Waals surface area contributed by atoms with E-state index in [1.54, 1.807) is 13.8 Å². The fourth-order valence-electron chi connectivity index (χ4n) is 2.41. The zero-order valence-electron chi connectivity index (χ0n) is 16.6. The molecule has 8 nitrogen and oxygen atoms in total. The van der Waals surface area contributed by atoms with Gasteiger partial charge in [-0.25, -0.2) is 13.8 Å². The van der Waals surface area contributed by atoms with Gasteiger partial charge >= 0.3 is 22.1 Å². The number of rotatable bonds is 5. The van der Waals surface area contributed by atoms with Gasteiger partial charge in [-0.2, -0.15) is 30.3 Å². The molecule has 1 aromatic heterocycles. The molecule has 2 rings (SSSR count). The zero-order chi connectivity index (χ0) is 23.9. The van der Waals surface area contributed by atoms with Gasteiger partial charge in [0.2, 0.25) is 0 Å². The van der Waals surface area contributed by atoms with Gasteiger partial charge < -0.3 is 0 Å². The Morgan fingerprint density at radius 2 is 1.77 bits per heavy atom. The van der Waals surface area contributed by atoms with Crippen LogP contribution >= 0.6 is 11.6 Å². The van der Waals surface area contributed by atoms with Crippen molar-refractivity contribution in [1.82, 2.24) is 13.4 Å². The Morgan fingerprint density at radius 3 is 2.29 bits per heavy atom. The Kier molecular flexibility index (Phi) is 6.83. The summed E-state index contributed by atoms with van der Waals surface area (Å²) in [6, 6.07) is 1.24. The second-order valence-electron chi connectivity index (χ2n) is 6.69. The van der Waals surface area contributed by atoms with Crippen molar-refractivity contribution in [3.63, 3.8) is 0 Å². The first kappa shape index (κ1) is 24.8. The maximum Gasteiger partial charge on any atom is 0.431 e. The van der Waals surface area contributed by atoms with Gasteiger partial charge in [0.1, 0.15) is 11.5 Å². The molecule has 0 bridgehead atoms. The van der Waals surface area contributed by atoms with E-state index in [4.69, 9.17) is 11.6 Å². The molecule has 1 aromatic carbocycles. The third kappa shape index (κ3) is 5.05. The summed E-state index contributed by atoms with van der Waals surface area (Å²) in [5, 5.41) is -0.302. The summed E-state index contributed by atoms with van der Waals surface area (Å²) in [4.78, 5) is 24.6. The number of benzene rings is 1. The van der Waals surface area contributed by atoms with Crippen LogP contribution in [0.1, 0.15) is 25.1 Å². The van der Waals surface area contributed by atoms with E-state index in [1.807, 2.05) is 0 Å². The quantitative estimate of drug-likeness (QED) is 0.481. The Bertz CT molecular complexity index is 1270. The molecule has 0 aliphatic rings. The fraction of sp³-hybridized carbons (Fsp3) is 0.353. The van der Waals surface area contributed by atoms with E-state index in [-0.39, 0.29) is 25.8 Å². The van der Waals surface area contributed by atoms with Crippen molar-refractivity contribution in [2.45, 2.75) is 26.1 Å². The monoisotopic (exact) mass is 484 g/mol. The second kappa shape index (κ2) is 8.55. The first-order valence-electron chi connectivity index (χ1n) is 8.51. The molecule has 14 heteroatoms. The molecule has 0 spiro atoms. The first-order chi connectivity index (χ1) is 14.1. The number of hydrogen-bond acceptors (Lipinski definition) is 4. The van der Waals surface area contributed by atoms with Crippen LogP contribution in [0.25, 0.3) is 5.69 Å². The SMILES string of the molecule is CC(C)N(C)S(=O)(=O)N=Cc1cc(-n2c(=O)cc(C(F)(F)F)n(C)c2=O)c(F)cc1Cl. The van der Waals surface area contributed by atoms with Crippen LogP contribution in [0.3, 0.4) is 0 Å². The highest BCUT2D eigenvalue weighted by Crippen LogP contribution is 2.27. The Morgan fingerprint density at radius 1 is 1.19 bits per heavy atom. The number of halogens is 5. The predicted molar refractivity (Wildman–Crippen MR) is 107 cm³/mol. The van der Waals surface area contributed by atoms with Crippen LogP contribution in [-0.4, -0.2) is 41.2 Å². The van der Waals surface area contributed by atoms with Gasteiger partial charge in [0.25, 0.3) is 5.56 Å². The highest BCUT2D eigenvalue weighted by Gasteiger charge is 2.35. The smallest absolute Gasteiger partial charge is 0.292 e. The number of nitrogens with zero attached hydrogens (tertiary/aromatic N) is 4. The molecular weight excluding hydrogens is 468 g/mol. The van der Waals surface area contributed by atoms with Gasteiger partial charge in [-0.1, -0.05) is 11.6 Å². The van der Waals surface area contributed by atoms with E-state index in [2.05, 4.69) is 4.40 Å². The molecule has 0 amide bonds. The van der Waals surface area contributed by atoms with Crippen molar-refractivity contribution in [3.8, 4) is 5.69 Å². The number of hydrogen-bond donors (Lipinski definition) is 0. The van der Waals surface area contributed by atoms with E-state index in [9.17, 15) is 35.6 Å². The van der Waals surface area contributed by atoms with Crippen molar-refractivity contribution in [2.75, 3.05) is 7.05 Å². The minimum atomic E-state index is -4.99. The molecule has 31 heavy (non-hydrogen) atoms. The highest BCUT2D eigenvalue weighted by atomic mass is 35.5. The van der Waals surface area contributed by atoms with Crippen LogP contribution in [0.5, 0.6) is 0 Å². The zero-order valence-corrected chi connectivity index (χ0v) is 18.2. The van der Waals surface area contributed by atoms with Crippen molar-refractivity contribution in [1.29, 1.82) is 0 Å². The van der Waals surface area contributed by atoms with Gasteiger partial charge in [0, 0.05) is 31.8 Å². The van der Waals surface area contributed by atoms with E-state index < -0.39 is 50.9 Å². The molecule has 170 valence electrons. The average molecular weight is 485 g/mol. The van der Waals surface area contributed by atoms with E-state index in [0.717, 1.165) is 23.6 Å². The average Bonchev–Trinajstić information content (AvgIpc) is 2.63. The lowest BCUT2D eigenvalue weighted by Gasteiger charge is -2.17. The standard InChI is InChI=1S/C17H17ClF4N4O4S/c1-9(2)25(4)31(29,30)23-8-10-5-13(12(19)6-11(10)18)26-15(27)7-14(17(20,21)22)24(3)16(26)28/h5-9H,1-4H3. The normalized spacial score (nSPS) is 13.0. The summed E-state index contributed by atoms with van der Waals surface area (Å²) in [5.74, 6) is -1.19. The lowest BCUT2D eigenvalue weighted by Crippen LogP contribution is -2.41. The summed E-state index contributed by atoms with van der Waals surface area (Å²) in [6.07, 6.45) is -4.21. The molecule has 2 aromatic rings. The molecule has 0 saturated heterocycles. The van der Waals surface area contributed by atoms with Gasteiger partial charge in [-0.15, -0.1) is 0 Å². The first-order valence-corrected chi connectivity index (χ1v) is 10.3. The summed E-state index contributed by atoms with van der Waals surface area (Å²) in [6.45, 7) is 3.20. The van der Waals surface area contributed by atoms with Crippen LogP contribution in [0.4, 0.5) is 17.6 Å². The predicted octanol–water partition coefficient (Wildman–Crippen LogP) is 2.35. The van der Waals surface area contributed by atoms with E-state index >= 15 is 0 Å². The molecular formula is C17H17ClF4N4O4S. The lowest BCUT2D eigenvalue weighted by molar-refractivity contribution is -0.144. The van der Waals surface area contributed by atoms with E-state index in [1.165, 1.54) is 7.05 Å². The maximum absolute atomic E-state index is 14.5. The Hall–Kier alpha value is -2.51. The van der Waals surface area contributed by atoms with E-state index in [0.29, 0.717) is 6.07 Å². The number of aromatic nitrogens is 2. The van der Waals surface area contributed by atoms with Gasteiger partial charge in [0.05, 0.1) is 16.9 Å². The third-order valence-corrected chi connectivity index (χ3v) is 6.18. The van der Waals surface area contributed by atoms with Crippen molar-refractivity contribution in [3.05, 3.63) is 61.1 Å². The molecule has 0 unspecified atom stereocenters. The molecule has 1 heterocycles. The van der Waals surface area contributed by atoms with Crippen molar-refractivity contribution < 1.29 is 26.0 Å². The van der Waals surface area contributed by atoms with Gasteiger partial charge in [-0.3, -0.25) is 9.36 Å². The van der Waals surface area contributed by atoms with Crippen LogP contribution in [0.15, 0.2) is 32.2 Å². The maximum atomic E-state index is 14.5. The van der Waals surface area contributed by atoms with Crippen LogP contribution in [0.2, 0.25) is 5.02 Å². The summed E-state index contributed by atoms with van der Waals surface area (Å²) in [5.41, 5.74) is -5.33. The summed E-state index contributed by atoms with van der Waals surface area (Å²) in [7, 11) is -2.07. The summed E-state index contributed by atoms with van der Waals surface area (Å²) < 4.78 is 82.5. The van der Waals surface area contributed by atoms with Crippen LogP contribution < -0.4 is 11.2 Å². The molecule has 0 aliphatic carbocycles. The number of alkyl halides is 3. The van der Waals surface area contributed by atoms with Crippen LogP contribution in [-0.2, 0) is 23.4 Å². The van der Waals surface area contributed by atoms with Crippen molar-refractivity contribution in [2.24, 2.45) is 11.4 Å². The molecule has 0 atom stereocenters. The Labute approximate surface area is 179 Å².